The molecular formula is C39H32N2O5S. The molecular weight excluding hydrogens is 609 g/mol. The SMILES string of the molecule is CCOC(=O)C1=C(c2ccccc2)N=c2s/c(=C\c3c(OCC)ccc4ccccc34)c(=O)n2C1c1c(OC)ccc2ccccc12. The standard InChI is InChI=1S/C39H32N2O5S/c1-4-45-30-21-19-24-13-9-11-17-27(24)29(30)23-32-37(42)41-36(33-28-18-12-10-14-25(28)20-22-31(33)44-3)34(38(43)46-5-2)35(40-39(41)47-32)26-15-7-6-8-16-26/h6-23,36H,4-5H2,1-3H3/b32-23-. The molecule has 47 heavy (non-hydrogen) atoms. The number of carbonyl (C=O) groups is 1. The zero-order valence-corrected chi connectivity index (χ0v) is 27.0. The van der Waals surface area contributed by atoms with Gasteiger partial charge in [0.2, 0.25) is 0 Å². The van der Waals surface area contributed by atoms with E-state index in [-0.39, 0.29) is 17.7 Å². The van der Waals surface area contributed by atoms with Crippen molar-refractivity contribution < 1.29 is 19.0 Å². The average molecular weight is 641 g/mol. The highest BCUT2D eigenvalue weighted by molar-refractivity contribution is 7.07. The molecule has 0 N–H and O–H groups in total. The summed E-state index contributed by atoms with van der Waals surface area (Å²) in [5, 5.41) is 3.80. The number of hydrogen-bond acceptors (Lipinski definition) is 7. The predicted molar refractivity (Wildman–Crippen MR) is 187 cm³/mol. The molecule has 8 heteroatoms. The molecule has 0 bridgehead atoms. The van der Waals surface area contributed by atoms with Crippen molar-refractivity contribution >= 4 is 50.6 Å². The van der Waals surface area contributed by atoms with E-state index >= 15 is 0 Å². The first-order valence-corrected chi connectivity index (χ1v) is 16.3. The van der Waals surface area contributed by atoms with Crippen molar-refractivity contribution in [2.24, 2.45) is 4.99 Å². The van der Waals surface area contributed by atoms with Crippen LogP contribution in [0.5, 0.6) is 11.5 Å². The Morgan fingerprint density at radius 2 is 1.49 bits per heavy atom. The molecule has 0 saturated carbocycles. The van der Waals surface area contributed by atoms with Gasteiger partial charge in [-0.05, 0) is 53.6 Å². The highest BCUT2D eigenvalue weighted by atomic mass is 32.1. The van der Waals surface area contributed by atoms with Crippen molar-refractivity contribution in [1.82, 2.24) is 4.57 Å². The van der Waals surface area contributed by atoms with E-state index in [1.807, 2.05) is 116 Å². The third kappa shape index (κ3) is 5.30. The van der Waals surface area contributed by atoms with Crippen LogP contribution in [-0.2, 0) is 9.53 Å². The normalized spacial score (nSPS) is 14.6. The van der Waals surface area contributed by atoms with Gasteiger partial charge in [-0.25, -0.2) is 9.79 Å². The summed E-state index contributed by atoms with van der Waals surface area (Å²) in [6.07, 6.45) is 1.88. The number of benzene rings is 5. The maximum absolute atomic E-state index is 14.7. The van der Waals surface area contributed by atoms with Crippen molar-refractivity contribution in [3.8, 4) is 11.5 Å². The van der Waals surface area contributed by atoms with Crippen molar-refractivity contribution in [2.45, 2.75) is 19.9 Å². The molecule has 1 unspecified atom stereocenters. The molecule has 0 spiro atoms. The highest BCUT2D eigenvalue weighted by Gasteiger charge is 2.37. The Kier molecular flexibility index (Phi) is 8.18. The van der Waals surface area contributed by atoms with Crippen LogP contribution in [0.4, 0.5) is 0 Å². The van der Waals surface area contributed by atoms with E-state index in [0.29, 0.717) is 38.7 Å². The monoisotopic (exact) mass is 640 g/mol. The maximum atomic E-state index is 14.7. The molecule has 0 amide bonds. The van der Waals surface area contributed by atoms with Crippen LogP contribution in [0.25, 0.3) is 33.3 Å². The lowest BCUT2D eigenvalue weighted by Crippen LogP contribution is -2.40. The first kappa shape index (κ1) is 30.2. The number of esters is 1. The quantitative estimate of drug-likeness (QED) is 0.174. The third-order valence-electron chi connectivity index (χ3n) is 8.30. The molecule has 0 fully saturated rings. The maximum Gasteiger partial charge on any atom is 0.338 e. The fourth-order valence-corrected chi connectivity index (χ4v) is 7.27. The molecule has 1 atom stereocenters. The minimum Gasteiger partial charge on any atom is -0.496 e. The first-order chi connectivity index (χ1) is 23.0. The highest BCUT2D eigenvalue weighted by Crippen LogP contribution is 2.42. The van der Waals surface area contributed by atoms with Gasteiger partial charge in [0, 0.05) is 16.7 Å². The number of rotatable bonds is 8. The Bertz CT molecular complexity index is 2370. The van der Waals surface area contributed by atoms with Gasteiger partial charge in [-0.3, -0.25) is 9.36 Å². The Morgan fingerprint density at radius 1 is 0.830 bits per heavy atom. The van der Waals surface area contributed by atoms with E-state index in [0.717, 1.165) is 32.7 Å². The number of carbonyl (C=O) groups excluding carboxylic acids is 1. The third-order valence-corrected chi connectivity index (χ3v) is 9.29. The summed E-state index contributed by atoms with van der Waals surface area (Å²) >= 11 is 1.28. The topological polar surface area (TPSA) is 79.1 Å². The van der Waals surface area contributed by atoms with E-state index in [1.165, 1.54) is 11.3 Å². The average Bonchev–Trinajstić information content (AvgIpc) is 3.42. The number of ether oxygens (including phenoxy) is 3. The van der Waals surface area contributed by atoms with Gasteiger partial charge in [0.15, 0.2) is 4.80 Å². The van der Waals surface area contributed by atoms with Crippen LogP contribution >= 0.6 is 11.3 Å². The molecule has 1 aliphatic heterocycles. The number of hydrogen-bond donors (Lipinski definition) is 0. The lowest BCUT2D eigenvalue weighted by Gasteiger charge is -2.28. The van der Waals surface area contributed by atoms with Gasteiger partial charge in [-0.2, -0.15) is 0 Å². The smallest absolute Gasteiger partial charge is 0.338 e. The van der Waals surface area contributed by atoms with E-state index in [9.17, 15) is 9.59 Å². The van der Waals surface area contributed by atoms with Gasteiger partial charge >= 0.3 is 5.97 Å². The summed E-state index contributed by atoms with van der Waals surface area (Å²) in [7, 11) is 1.60. The molecule has 6 aromatic rings. The van der Waals surface area contributed by atoms with Gasteiger partial charge in [0.25, 0.3) is 5.56 Å². The van der Waals surface area contributed by atoms with Crippen molar-refractivity contribution in [2.75, 3.05) is 20.3 Å². The van der Waals surface area contributed by atoms with Gasteiger partial charge < -0.3 is 14.2 Å². The molecule has 0 aliphatic carbocycles. The lowest BCUT2D eigenvalue weighted by molar-refractivity contribution is -0.138. The minimum atomic E-state index is -0.886. The van der Waals surface area contributed by atoms with Crippen LogP contribution in [0, 0.1) is 0 Å². The molecule has 7 rings (SSSR count). The molecule has 0 radical (unpaired) electrons. The summed E-state index contributed by atoms with van der Waals surface area (Å²) in [4.78, 5) is 34.3. The first-order valence-electron chi connectivity index (χ1n) is 15.5. The summed E-state index contributed by atoms with van der Waals surface area (Å²) < 4.78 is 19.7. The van der Waals surface area contributed by atoms with Crippen LogP contribution in [0.2, 0.25) is 0 Å². The van der Waals surface area contributed by atoms with E-state index < -0.39 is 12.0 Å². The van der Waals surface area contributed by atoms with Gasteiger partial charge in [-0.1, -0.05) is 102 Å². The zero-order chi connectivity index (χ0) is 32.5. The zero-order valence-electron chi connectivity index (χ0n) is 26.2. The molecule has 1 aromatic heterocycles. The summed E-state index contributed by atoms with van der Waals surface area (Å²) in [6, 6.07) is 32.4. The lowest BCUT2D eigenvalue weighted by atomic mass is 9.89. The predicted octanol–water partition coefficient (Wildman–Crippen LogP) is 6.65. The Balaban J connectivity index is 1.61. The van der Waals surface area contributed by atoms with Gasteiger partial charge in [0.05, 0.1) is 36.1 Å². The summed E-state index contributed by atoms with van der Waals surface area (Å²) in [5.74, 6) is 0.686. The fourth-order valence-electron chi connectivity index (χ4n) is 6.29. The molecule has 2 heterocycles. The molecule has 0 saturated heterocycles. The second-order valence-corrected chi connectivity index (χ2v) is 12.0. The molecule has 234 valence electrons. The number of fused-ring (bicyclic) bond motifs is 3. The van der Waals surface area contributed by atoms with E-state index in [1.54, 1.807) is 18.6 Å². The Morgan fingerprint density at radius 3 is 2.19 bits per heavy atom. The van der Waals surface area contributed by atoms with Gasteiger partial charge in [-0.15, -0.1) is 0 Å². The van der Waals surface area contributed by atoms with Crippen molar-refractivity contribution in [3.63, 3.8) is 0 Å². The second-order valence-electron chi connectivity index (χ2n) is 11.0. The molecule has 7 nitrogen and oxygen atoms in total. The number of aromatic nitrogens is 1. The van der Waals surface area contributed by atoms with Crippen molar-refractivity contribution in [3.05, 3.63) is 145 Å². The van der Waals surface area contributed by atoms with Gasteiger partial charge in [0.1, 0.15) is 17.5 Å². The molecule has 1 aliphatic rings. The van der Waals surface area contributed by atoms with E-state index in [4.69, 9.17) is 19.2 Å². The van der Waals surface area contributed by atoms with Crippen LogP contribution in [0.15, 0.2) is 118 Å². The van der Waals surface area contributed by atoms with Crippen LogP contribution in [0.1, 0.15) is 36.6 Å². The van der Waals surface area contributed by atoms with Crippen LogP contribution < -0.4 is 24.4 Å². The fraction of sp³-hybridized carbons (Fsp3) is 0.154. The number of methoxy groups -OCH3 is 1. The van der Waals surface area contributed by atoms with E-state index in [2.05, 4.69) is 0 Å². The Hall–Kier alpha value is -5.47. The summed E-state index contributed by atoms with van der Waals surface area (Å²) in [5.41, 5.74) is 2.68. The second kappa shape index (κ2) is 12.7. The largest absolute Gasteiger partial charge is 0.496 e. The van der Waals surface area contributed by atoms with Crippen LogP contribution in [0.3, 0.4) is 0 Å². The number of nitrogens with zero attached hydrogens (tertiary/aromatic N) is 2. The number of thiazole rings is 1. The van der Waals surface area contributed by atoms with Crippen LogP contribution in [-0.4, -0.2) is 30.9 Å². The van der Waals surface area contributed by atoms with Crippen molar-refractivity contribution in [1.29, 1.82) is 0 Å². The summed E-state index contributed by atoms with van der Waals surface area (Å²) in [6.45, 7) is 4.34. The Labute approximate surface area is 275 Å². The minimum absolute atomic E-state index is 0.162. The molecule has 5 aromatic carbocycles.